The second-order valence-corrected chi connectivity index (χ2v) is 6.36. The van der Waals surface area contributed by atoms with E-state index < -0.39 is 24.3 Å². The fourth-order valence-corrected chi connectivity index (χ4v) is 3.07. The number of rotatable bonds is 5. The van der Waals surface area contributed by atoms with E-state index >= 15 is 0 Å². The smallest absolute Gasteiger partial charge is 0.410 e. The van der Waals surface area contributed by atoms with Crippen LogP contribution < -0.4 is 10.1 Å². The van der Waals surface area contributed by atoms with Crippen LogP contribution in [0.2, 0.25) is 0 Å². The number of nitrogens with zero attached hydrogens (tertiary/aromatic N) is 1. The van der Waals surface area contributed by atoms with Gasteiger partial charge in [0.2, 0.25) is 0 Å². The molecule has 1 aliphatic rings. The Bertz CT molecular complexity index is 696. The number of hydrogen-bond acceptors (Lipinski definition) is 5. The van der Waals surface area contributed by atoms with Crippen molar-refractivity contribution in [2.45, 2.75) is 13.2 Å². The summed E-state index contributed by atoms with van der Waals surface area (Å²) in [6, 6.07) is 4.08. The molecule has 134 valence electrons. The number of amides is 1. The summed E-state index contributed by atoms with van der Waals surface area (Å²) >= 11 is 1.52. The highest BCUT2D eigenvalue weighted by Crippen LogP contribution is 2.23. The third-order valence-electron chi connectivity index (χ3n) is 3.82. The van der Waals surface area contributed by atoms with Crippen LogP contribution in [0.3, 0.4) is 0 Å². The fourth-order valence-electron chi connectivity index (χ4n) is 2.42. The molecule has 3 rings (SSSR count). The minimum Gasteiger partial charge on any atom is -0.489 e. The van der Waals surface area contributed by atoms with Crippen molar-refractivity contribution in [3.63, 3.8) is 0 Å². The first-order chi connectivity index (χ1) is 12.1. The number of piperazine rings is 1. The third kappa shape index (κ3) is 4.67. The molecule has 2 aromatic rings. The van der Waals surface area contributed by atoms with E-state index in [4.69, 9.17) is 9.47 Å². The topological polar surface area (TPSA) is 50.8 Å². The van der Waals surface area contributed by atoms with E-state index in [-0.39, 0.29) is 17.9 Å². The summed E-state index contributed by atoms with van der Waals surface area (Å²) in [5.41, 5.74) is 0.645. The Morgan fingerprint density at radius 3 is 2.56 bits per heavy atom. The summed E-state index contributed by atoms with van der Waals surface area (Å²) < 4.78 is 38.7. The van der Waals surface area contributed by atoms with Crippen molar-refractivity contribution in [1.29, 1.82) is 0 Å². The van der Waals surface area contributed by atoms with E-state index in [2.05, 4.69) is 5.32 Å². The van der Waals surface area contributed by atoms with Crippen LogP contribution in [0.15, 0.2) is 29.0 Å². The van der Waals surface area contributed by atoms with Crippen LogP contribution in [-0.4, -0.2) is 37.2 Å². The van der Waals surface area contributed by atoms with E-state index in [1.54, 1.807) is 0 Å². The SMILES string of the molecule is O=C(OCc1c(F)cc(OCc2ccsc2)cc1F)N1CCNCC1. The van der Waals surface area contributed by atoms with Crippen LogP contribution in [0.5, 0.6) is 5.75 Å². The van der Waals surface area contributed by atoms with Gasteiger partial charge in [0.15, 0.2) is 0 Å². The van der Waals surface area contributed by atoms with Crippen molar-refractivity contribution in [3.05, 3.63) is 51.7 Å². The fraction of sp³-hybridized carbons (Fsp3) is 0.353. The van der Waals surface area contributed by atoms with Crippen molar-refractivity contribution in [2.75, 3.05) is 26.2 Å². The lowest BCUT2D eigenvalue weighted by atomic mass is 10.2. The molecular weight excluding hydrogens is 350 g/mol. The molecule has 1 aromatic carbocycles. The van der Waals surface area contributed by atoms with E-state index in [0.29, 0.717) is 26.2 Å². The molecule has 0 spiro atoms. The van der Waals surface area contributed by atoms with Crippen LogP contribution >= 0.6 is 11.3 Å². The zero-order valence-corrected chi connectivity index (χ0v) is 14.3. The number of ether oxygens (including phenoxy) is 2. The van der Waals surface area contributed by atoms with Crippen molar-refractivity contribution in [2.24, 2.45) is 0 Å². The first-order valence-electron chi connectivity index (χ1n) is 7.87. The monoisotopic (exact) mass is 368 g/mol. The maximum atomic E-state index is 14.1. The first kappa shape index (κ1) is 17.6. The molecule has 1 fully saturated rings. The number of nitrogens with one attached hydrogen (secondary N) is 1. The van der Waals surface area contributed by atoms with E-state index in [0.717, 1.165) is 17.7 Å². The molecule has 0 aliphatic carbocycles. The molecule has 1 saturated heterocycles. The summed E-state index contributed by atoms with van der Waals surface area (Å²) in [7, 11) is 0. The Balaban J connectivity index is 1.58. The third-order valence-corrected chi connectivity index (χ3v) is 4.55. The average Bonchev–Trinajstić information content (AvgIpc) is 3.13. The molecule has 1 aliphatic heterocycles. The molecule has 0 unspecified atom stereocenters. The van der Waals surface area contributed by atoms with Gasteiger partial charge in [0.1, 0.15) is 30.6 Å². The molecule has 8 heteroatoms. The predicted octanol–water partition coefficient (Wildman–Crippen LogP) is 3.15. The van der Waals surface area contributed by atoms with Gasteiger partial charge in [-0.3, -0.25) is 0 Å². The summed E-state index contributed by atoms with van der Waals surface area (Å²) in [6.07, 6.45) is -0.571. The normalized spacial score (nSPS) is 14.4. The number of halogens is 2. The average molecular weight is 368 g/mol. The Kier molecular flexibility index (Phi) is 5.83. The van der Waals surface area contributed by atoms with Crippen LogP contribution in [-0.2, 0) is 18.0 Å². The van der Waals surface area contributed by atoms with Gasteiger partial charge in [-0.1, -0.05) is 0 Å². The molecular formula is C17H18F2N2O3S. The van der Waals surface area contributed by atoms with Crippen LogP contribution in [0.25, 0.3) is 0 Å². The van der Waals surface area contributed by atoms with Gasteiger partial charge in [-0.15, -0.1) is 0 Å². The maximum absolute atomic E-state index is 14.1. The number of thiophene rings is 1. The predicted molar refractivity (Wildman–Crippen MR) is 89.6 cm³/mol. The number of carbonyl (C=O) groups is 1. The largest absolute Gasteiger partial charge is 0.489 e. The zero-order chi connectivity index (χ0) is 17.6. The van der Waals surface area contributed by atoms with Gasteiger partial charge in [0.05, 0.1) is 5.56 Å². The Hall–Kier alpha value is -2.19. The van der Waals surface area contributed by atoms with E-state index in [9.17, 15) is 13.6 Å². The highest BCUT2D eigenvalue weighted by molar-refractivity contribution is 7.07. The van der Waals surface area contributed by atoms with Gasteiger partial charge >= 0.3 is 6.09 Å². The molecule has 0 atom stereocenters. The van der Waals surface area contributed by atoms with Gasteiger partial charge in [0, 0.05) is 38.3 Å². The Labute approximate surface area is 148 Å². The second kappa shape index (κ2) is 8.26. The van der Waals surface area contributed by atoms with Crippen molar-refractivity contribution >= 4 is 17.4 Å². The maximum Gasteiger partial charge on any atom is 0.410 e. The summed E-state index contributed by atoms with van der Waals surface area (Å²) in [4.78, 5) is 13.4. The van der Waals surface area contributed by atoms with Crippen molar-refractivity contribution in [1.82, 2.24) is 10.2 Å². The quantitative estimate of drug-likeness (QED) is 0.881. The van der Waals surface area contributed by atoms with Gasteiger partial charge < -0.3 is 19.7 Å². The number of carbonyl (C=O) groups excluding carboxylic acids is 1. The van der Waals surface area contributed by atoms with Crippen LogP contribution in [0.1, 0.15) is 11.1 Å². The summed E-state index contributed by atoms with van der Waals surface area (Å²) in [6.45, 7) is 2.16. The Morgan fingerprint density at radius 2 is 1.92 bits per heavy atom. The minimum absolute atomic E-state index is 0.0957. The molecule has 0 radical (unpaired) electrons. The van der Waals surface area contributed by atoms with E-state index in [1.165, 1.54) is 16.2 Å². The highest BCUT2D eigenvalue weighted by Gasteiger charge is 2.19. The van der Waals surface area contributed by atoms with Crippen LogP contribution in [0.4, 0.5) is 13.6 Å². The van der Waals surface area contributed by atoms with Gasteiger partial charge in [-0.25, -0.2) is 13.6 Å². The molecule has 1 aromatic heterocycles. The van der Waals surface area contributed by atoms with Crippen molar-refractivity contribution < 1.29 is 23.0 Å². The lowest BCUT2D eigenvalue weighted by Gasteiger charge is -2.26. The summed E-state index contributed by atoms with van der Waals surface area (Å²) in [5.74, 6) is -1.50. The number of hydrogen-bond donors (Lipinski definition) is 1. The standard InChI is InChI=1S/C17H18F2N2O3S/c18-15-7-13(23-9-12-1-6-25-11-12)8-16(19)14(15)10-24-17(22)21-4-2-20-3-5-21/h1,6-8,11,20H,2-5,9-10H2. The lowest BCUT2D eigenvalue weighted by molar-refractivity contribution is 0.0899. The molecule has 1 amide bonds. The molecule has 1 N–H and O–H groups in total. The zero-order valence-electron chi connectivity index (χ0n) is 13.5. The molecule has 0 saturated carbocycles. The highest BCUT2D eigenvalue weighted by atomic mass is 32.1. The molecule has 2 heterocycles. The molecule has 5 nitrogen and oxygen atoms in total. The van der Waals surface area contributed by atoms with Gasteiger partial charge in [-0.05, 0) is 22.4 Å². The van der Waals surface area contributed by atoms with Crippen LogP contribution in [0, 0.1) is 11.6 Å². The van der Waals surface area contributed by atoms with Gasteiger partial charge in [0.25, 0.3) is 0 Å². The second-order valence-electron chi connectivity index (χ2n) is 5.58. The molecule has 25 heavy (non-hydrogen) atoms. The lowest BCUT2D eigenvalue weighted by Crippen LogP contribution is -2.46. The van der Waals surface area contributed by atoms with E-state index in [1.807, 2.05) is 16.8 Å². The van der Waals surface area contributed by atoms with Crippen molar-refractivity contribution in [3.8, 4) is 5.75 Å². The Morgan fingerprint density at radius 1 is 1.20 bits per heavy atom. The molecule has 0 bridgehead atoms. The number of benzene rings is 1. The first-order valence-corrected chi connectivity index (χ1v) is 8.82. The minimum atomic E-state index is -0.798. The van der Waals surface area contributed by atoms with Gasteiger partial charge in [-0.2, -0.15) is 11.3 Å². The summed E-state index contributed by atoms with van der Waals surface area (Å²) in [5, 5.41) is 6.91.